The highest BCUT2D eigenvalue weighted by molar-refractivity contribution is 5.82. The second-order valence-electron chi connectivity index (χ2n) is 6.75. The van der Waals surface area contributed by atoms with Crippen molar-refractivity contribution in [2.24, 2.45) is 0 Å². The van der Waals surface area contributed by atoms with Crippen molar-refractivity contribution < 1.29 is 18.3 Å². The average molecular weight is 353 g/mol. The number of amides is 1. The van der Waals surface area contributed by atoms with Crippen LogP contribution in [0.2, 0.25) is 0 Å². The summed E-state index contributed by atoms with van der Waals surface area (Å²) in [5.41, 5.74) is 0.907. The molecule has 2 aliphatic rings. The lowest BCUT2D eigenvalue weighted by Gasteiger charge is -2.15. The maximum atomic E-state index is 13.1. The smallest absolute Gasteiger partial charge is 0.262 e. The number of likely N-dealkylation sites (tertiary alicyclic amines) is 1. The lowest BCUT2D eigenvalue weighted by Crippen LogP contribution is -2.40. The van der Waals surface area contributed by atoms with E-state index in [-0.39, 0.29) is 5.91 Å². The third kappa shape index (κ3) is 5.37. The van der Waals surface area contributed by atoms with Gasteiger partial charge in [-0.25, -0.2) is 8.78 Å². The van der Waals surface area contributed by atoms with Gasteiger partial charge in [-0.2, -0.15) is 0 Å². The monoisotopic (exact) mass is 353 g/mol. The number of hydrogen-bond acceptors (Lipinski definition) is 4. The Kier molecular flexibility index (Phi) is 5.86. The van der Waals surface area contributed by atoms with Gasteiger partial charge in [-0.1, -0.05) is 12.1 Å². The van der Waals surface area contributed by atoms with Gasteiger partial charge in [-0.05, 0) is 43.6 Å². The van der Waals surface area contributed by atoms with Crippen molar-refractivity contribution in [3.8, 4) is 5.75 Å². The van der Waals surface area contributed by atoms with Crippen molar-refractivity contribution >= 4 is 5.91 Å². The van der Waals surface area contributed by atoms with E-state index in [0.717, 1.165) is 30.9 Å². The van der Waals surface area contributed by atoms with Crippen LogP contribution in [0.15, 0.2) is 24.3 Å². The van der Waals surface area contributed by atoms with Crippen LogP contribution in [-0.4, -0.2) is 55.6 Å². The molecule has 2 N–H and O–H groups in total. The summed E-state index contributed by atoms with van der Waals surface area (Å²) in [7, 11) is 0. The van der Waals surface area contributed by atoms with Crippen molar-refractivity contribution in [3.63, 3.8) is 0 Å². The number of halogens is 2. The molecule has 1 unspecified atom stereocenters. The fourth-order valence-electron chi connectivity index (χ4n) is 3.22. The number of ether oxygens (including phenoxy) is 1. The fraction of sp³-hybridized carbons (Fsp3) is 0.611. The molecule has 0 spiro atoms. The molecule has 2 fully saturated rings. The van der Waals surface area contributed by atoms with Crippen molar-refractivity contribution in [2.45, 2.75) is 37.8 Å². The molecule has 0 radical (unpaired) electrons. The maximum Gasteiger partial charge on any atom is 0.262 e. The van der Waals surface area contributed by atoms with E-state index in [9.17, 15) is 13.6 Å². The predicted octanol–water partition coefficient (Wildman–Crippen LogP) is 1.77. The molecule has 2 aliphatic heterocycles. The average Bonchev–Trinajstić information content (AvgIpc) is 3.23. The third-order valence-corrected chi connectivity index (χ3v) is 4.69. The molecule has 1 aromatic rings. The largest absolute Gasteiger partial charge is 0.492 e. The maximum absolute atomic E-state index is 13.1. The second kappa shape index (κ2) is 8.10. The Morgan fingerprint density at radius 2 is 2.00 bits per heavy atom. The minimum Gasteiger partial charge on any atom is -0.492 e. The third-order valence-electron chi connectivity index (χ3n) is 4.69. The van der Waals surface area contributed by atoms with Gasteiger partial charge in [0.2, 0.25) is 5.91 Å². The summed E-state index contributed by atoms with van der Waals surface area (Å²) in [5, 5.41) is 5.25. The number of nitrogens with one attached hydrogen (secondary N) is 2. The van der Waals surface area contributed by atoms with E-state index in [2.05, 4.69) is 15.5 Å². The Hall–Kier alpha value is -1.73. The number of benzene rings is 1. The van der Waals surface area contributed by atoms with Gasteiger partial charge in [0.1, 0.15) is 12.4 Å². The molecule has 1 amide bonds. The molecular weight excluding hydrogens is 328 g/mol. The number of hydrogen-bond donors (Lipinski definition) is 2. The summed E-state index contributed by atoms with van der Waals surface area (Å²) in [4.78, 5) is 14.3. The molecule has 7 heteroatoms. The SMILES string of the molecule is O=C(NCc1ccc(OCCN2CCCC2)cc1)C1CC(F)(F)CN1. The van der Waals surface area contributed by atoms with Crippen molar-refractivity contribution in [3.05, 3.63) is 29.8 Å². The highest BCUT2D eigenvalue weighted by Gasteiger charge is 2.42. The summed E-state index contributed by atoms with van der Waals surface area (Å²) in [6, 6.07) is 6.67. The van der Waals surface area contributed by atoms with Crippen LogP contribution in [0.3, 0.4) is 0 Å². The Labute approximate surface area is 146 Å². The van der Waals surface area contributed by atoms with Gasteiger partial charge in [-0.15, -0.1) is 0 Å². The van der Waals surface area contributed by atoms with E-state index in [1.54, 1.807) is 0 Å². The van der Waals surface area contributed by atoms with Crippen molar-refractivity contribution in [2.75, 3.05) is 32.8 Å². The highest BCUT2D eigenvalue weighted by atomic mass is 19.3. The van der Waals surface area contributed by atoms with E-state index in [1.165, 1.54) is 12.8 Å². The number of carbonyl (C=O) groups is 1. The predicted molar refractivity (Wildman–Crippen MR) is 90.8 cm³/mol. The highest BCUT2D eigenvalue weighted by Crippen LogP contribution is 2.25. The zero-order chi connectivity index (χ0) is 17.7. The summed E-state index contributed by atoms with van der Waals surface area (Å²) >= 11 is 0. The summed E-state index contributed by atoms with van der Waals surface area (Å²) < 4.78 is 31.9. The molecule has 0 bridgehead atoms. The normalized spacial score (nSPS) is 22.9. The topological polar surface area (TPSA) is 53.6 Å². The number of carbonyl (C=O) groups excluding carboxylic acids is 1. The van der Waals surface area contributed by atoms with E-state index in [4.69, 9.17) is 4.74 Å². The van der Waals surface area contributed by atoms with Gasteiger partial charge >= 0.3 is 0 Å². The zero-order valence-electron chi connectivity index (χ0n) is 14.3. The summed E-state index contributed by atoms with van der Waals surface area (Å²) in [6.45, 7) is 3.80. The number of rotatable bonds is 7. The van der Waals surface area contributed by atoms with Crippen molar-refractivity contribution in [1.29, 1.82) is 0 Å². The Morgan fingerprint density at radius 1 is 1.28 bits per heavy atom. The molecule has 0 saturated carbocycles. The van der Waals surface area contributed by atoms with Gasteiger partial charge in [0.25, 0.3) is 5.92 Å². The van der Waals surface area contributed by atoms with E-state index in [1.807, 2.05) is 24.3 Å². The standard InChI is InChI=1S/C18H25F2N3O2/c19-18(20)11-16(22-13-18)17(24)21-12-14-3-5-15(6-4-14)25-10-9-23-7-1-2-8-23/h3-6,16,22H,1-2,7-13H2,(H,21,24). The van der Waals surface area contributed by atoms with Crippen molar-refractivity contribution in [1.82, 2.24) is 15.5 Å². The Bertz CT molecular complexity index is 574. The second-order valence-corrected chi connectivity index (χ2v) is 6.75. The molecular formula is C18H25F2N3O2. The van der Waals surface area contributed by atoms with Crippen LogP contribution < -0.4 is 15.4 Å². The Balaban J connectivity index is 1.37. The van der Waals surface area contributed by atoms with Crippen LogP contribution >= 0.6 is 0 Å². The van der Waals surface area contributed by atoms with Gasteiger partial charge in [0.05, 0.1) is 12.6 Å². The first-order valence-corrected chi connectivity index (χ1v) is 8.85. The minimum atomic E-state index is -2.80. The van der Waals surface area contributed by atoms with Crippen LogP contribution in [0.25, 0.3) is 0 Å². The first kappa shape index (κ1) is 18.1. The molecule has 1 aromatic carbocycles. The molecule has 2 heterocycles. The minimum absolute atomic E-state index is 0.316. The molecule has 138 valence electrons. The van der Waals surface area contributed by atoms with E-state index < -0.39 is 24.9 Å². The number of alkyl halides is 2. The van der Waals surface area contributed by atoms with E-state index in [0.29, 0.717) is 13.2 Å². The first-order valence-electron chi connectivity index (χ1n) is 8.85. The van der Waals surface area contributed by atoms with Crippen LogP contribution in [0, 0.1) is 0 Å². The molecule has 0 aromatic heterocycles. The first-order chi connectivity index (χ1) is 12.0. The van der Waals surface area contributed by atoms with Crippen LogP contribution in [0.4, 0.5) is 8.78 Å². The van der Waals surface area contributed by atoms with Gasteiger partial charge in [0, 0.05) is 19.5 Å². The quantitative estimate of drug-likeness (QED) is 0.785. The van der Waals surface area contributed by atoms with Crippen LogP contribution in [0.1, 0.15) is 24.8 Å². The Morgan fingerprint density at radius 3 is 2.64 bits per heavy atom. The summed E-state index contributed by atoms with van der Waals surface area (Å²) in [6.07, 6.45) is 2.10. The summed E-state index contributed by atoms with van der Waals surface area (Å²) in [5.74, 6) is -2.38. The molecule has 2 saturated heterocycles. The van der Waals surface area contributed by atoms with E-state index >= 15 is 0 Å². The lowest BCUT2D eigenvalue weighted by atomic mass is 10.1. The van der Waals surface area contributed by atoms with Crippen LogP contribution in [-0.2, 0) is 11.3 Å². The zero-order valence-corrected chi connectivity index (χ0v) is 14.3. The molecule has 5 nitrogen and oxygen atoms in total. The molecule has 25 heavy (non-hydrogen) atoms. The van der Waals surface area contributed by atoms with Gasteiger partial charge in [0.15, 0.2) is 0 Å². The molecule has 3 rings (SSSR count). The van der Waals surface area contributed by atoms with Crippen LogP contribution in [0.5, 0.6) is 5.75 Å². The number of nitrogens with zero attached hydrogens (tertiary/aromatic N) is 1. The molecule has 0 aliphatic carbocycles. The molecule has 1 atom stereocenters. The van der Waals surface area contributed by atoms with Gasteiger partial charge < -0.3 is 10.1 Å². The van der Waals surface area contributed by atoms with Gasteiger partial charge in [-0.3, -0.25) is 15.0 Å². The fourth-order valence-corrected chi connectivity index (χ4v) is 3.22. The lowest BCUT2D eigenvalue weighted by molar-refractivity contribution is -0.123.